The smallest absolute Gasteiger partial charge is 0.414 e. The van der Waals surface area contributed by atoms with Crippen molar-refractivity contribution in [2.45, 2.75) is 44.6 Å². The molecule has 2 unspecified atom stereocenters. The summed E-state index contributed by atoms with van der Waals surface area (Å²) in [6.07, 6.45) is 2.99. The number of anilines is 1. The summed E-state index contributed by atoms with van der Waals surface area (Å²) in [5.74, 6) is 0.193. The minimum Gasteiger partial charge on any atom is -0.443 e. The van der Waals surface area contributed by atoms with Gasteiger partial charge in [0.2, 0.25) is 0 Å². The van der Waals surface area contributed by atoms with Crippen LogP contribution in [0.3, 0.4) is 0 Å². The van der Waals surface area contributed by atoms with E-state index in [9.17, 15) is 14.4 Å². The molecule has 7 rings (SSSR count). The van der Waals surface area contributed by atoms with E-state index in [2.05, 4.69) is 4.98 Å². The maximum Gasteiger partial charge on any atom is 0.414 e. The van der Waals surface area contributed by atoms with Crippen LogP contribution in [0.1, 0.15) is 59.2 Å². The fourth-order valence-electron chi connectivity index (χ4n) is 6.46. The average Bonchev–Trinajstić information content (AvgIpc) is 3.17. The summed E-state index contributed by atoms with van der Waals surface area (Å²) in [4.78, 5) is 46.1. The molecule has 2 fully saturated rings. The van der Waals surface area contributed by atoms with Gasteiger partial charge >= 0.3 is 6.09 Å². The number of hydrogen-bond acceptors (Lipinski definition) is 4. The van der Waals surface area contributed by atoms with Gasteiger partial charge in [-0.15, -0.1) is 0 Å². The number of nitrogens with zero attached hydrogens (tertiary/aromatic N) is 2. The van der Waals surface area contributed by atoms with Crippen molar-refractivity contribution in [1.82, 2.24) is 9.88 Å². The third kappa shape index (κ3) is 2.83. The largest absolute Gasteiger partial charge is 0.443 e. The number of benzene rings is 2. The van der Waals surface area contributed by atoms with Gasteiger partial charge in [-0.3, -0.25) is 14.5 Å². The summed E-state index contributed by atoms with van der Waals surface area (Å²) >= 11 is 0. The molecule has 0 bridgehead atoms. The summed E-state index contributed by atoms with van der Waals surface area (Å²) in [6, 6.07) is 13.5. The predicted molar refractivity (Wildman–Crippen MR) is 135 cm³/mol. The molecule has 3 heterocycles. The fourth-order valence-corrected chi connectivity index (χ4v) is 6.46. The number of rotatable bonds is 1. The van der Waals surface area contributed by atoms with Crippen molar-refractivity contribution in [3.63, 3.8) is 0 Å². The molecule has 2 aliphatic carbocycles. The molecule has 2 atom stereocenters. The zero-order valence-electron chi connectivity index (χ0n) is 20.6. The highest BCUT2D eigenvalue weighted by atomic mass is 16.6. The first-order valence-corrected chi connectivity index (χ1v) is 12.5. The number of ketones is 1. The number of fused-ring (bicyclic) bond motifs is 4. The highest BCUT2D eigenvalue weighted by molar-refractivity contribution is 6.10. The van der Waals surface area contributed by atoms with Crippen LogP contribution in [0.4, 0.5) is 10.5 Å². The Bertz CT molecular complexity index is 1540. The summed E-state index contributed by atoms with van der Waals surface area (Å²) in [6.45, 7) is 6.73. The molecule has 3 aromatic rings. The topological polar surface area (TPSA) is 82.7 Å². The number of allylic oxidation sites excluding steroid dienone is 2. The quantitative estimate of drug-likeness (QED) is 0.533. The Morgan fingerprint density at radius 2 is 1.92 bits per heavy atom. The molecule has 1 N–H and O–H groups in total. The van der Waals surface area contributed by atoms with E-state index in [0.717, 1.165) is 45.4 Å². The first-order valence-electron chi connectivity index (χ1n) is 12.5. The summed E-state index contributed by atoms with van der Waals surface area (Å²) in [5, 5.41) is 0.944. The molecule has 182 valence electrons. The first kappa shape index (κ1) is 21.4. The van der Waals surface area contributed by atoms with Gasteiger partial charge in [0, 0.05) is 46.7 Å². The third-order valence-electron chi connectivity index (χ3n) is 8.05. The van der Waals surface area contributed by atoms with E-state index in [-0.39, 0.29) is 23.2 Å². The van der Waals surface area contributed by atoms with E-state index in [1.54, 1.807) is 15.9 Å². The summed E-state index contributed by atoms with van der Waals surface area (Å²) < 4.78 is 5.58. The first-order chi connectivity index (χ1) is 17.2. The van der Waals surface area contributed by atoms with Crippen molar-refractivity contribution in [1.29, 1.82) is 0 Å². The number of aromatic nitrogens is 1. The number of piperidine rings is 1. The Kier molecular flexibility index (Phi) is 4.09. The third-order valence-corrected chi connectivity index (χ3v) is 8.05. The van der Waals surface area contributed by atoms with E-state index < -0.39 is 5.60 Å². The second-order valence-corrected chi connectivity index (χ2v) is 11.3. The van der Waals surface area contributed by atoms with Crippen LogP contribution in [-0.4, -0.2) is 46.4 Å². The highest BCUT2D eigenvalue weighted by Crippen LogP contribution is 2.66. The van der Waals surface area contributed by atoms with Crippen LogP contribution in [0.2, 0.25) is 0 Å². The number of ether oxygens (including phenoxy) is 1. The van der Waals surface area contributed by atoms with E-state index in [4.69, 9.17) is 4.74 Å². The van der Waals surface area contributed by atoms with Crippen molar-refractivity contribution in [2.75, 3.05) is 18.0 Å². The van der Waals surface area contributed by atoms with Gasteiger partial charge in [0.05, 0.1) is 5.69 Å². The van der Waals surface area contributed by atoms with Crippen molar-refractivity contribution < 1.29 is 19.1 Å². The Balaban J connectivity index is 1.22. The molecule has 1 spiro atoms. The molecule has 1 saturated carbocycles. The van der Waals surface area contributed by atoms with E-state index in [1.165, 1.54) is 0 Å². The maximum atomic E-state index is 13.7. The van der Waals surface area contributed by atoms with Crippen LogP contribution >= 0.6 is 0 Å². The molecule has 36 heavy (non-hydrogen) atoms. The number of H-pyrrole nitrogens is 1. The zero-order valence-corrected chi connectivity index (χ0v) is 20.6. The van der Waals surface area contributed by atoms with Crippen LogP contribution in [0.25, 0.3) is 10.9 Å². The Hall–Kier alpha value is -3.87. The van der Waals surface area contributed by atoms with E-state index in [0.29, 0.717) is 31.1 Å². The SMILES string of the molecule is CC(C)(C)OC(=O)N1CCc2c1ccc1[nH]c(C(=O)N3CC4CC45C3=CC(=O)c3ccccc35)cc21. The Morgan fingerprint density at radius 3 is 2.72 bits per heavy atom. The number of likely N-dealkylation sites (tertiary alicyclic amines) is 1. The summed E-state index contributed by atoms with van der Waals surface area (Å²) in [7, 11) is 0. The van der Waals surface area contributed by atoms with Crippen molar-refractivity contribution in [3.05, 3.63) is 76.6 Å². The van der Waals surface area contributed by atoms with Crippen LogP contribution in [0.5, 0.6) is 0 Å². The van der Waals surface area contributed by atoms with Crippen LogP contribution in [0, 0.1) is 5.92 Å². The number of aromatic amines is 1. The van der Waals surface area contributed by atoms with Crippen LogP contribution < -0.4 is 4.90 Å². The van der Waals surface area contributed by atoms with Gasteiger partial charge in [0.1, 0.15) is 11.3 Å². The molecule has 2 aliphatic heterocycles. The second-order valence-electron chi connectivity index (χ2n) is 11.3. The Labute approximate surface area is 208 Å². The van der Waals surface area contributed by atoms with Crippen molar-refractivity contribution in [2.24, 2.45) is 5.92 Å². The highest BCUT2D eigenvalue weighted by Gasteiger charge is 2.67. The monoisotopic (exact) mass is 481 g/mol. The molecule has 2 aromatic carbocycles. The maximum absolute atomic E-state index is 13.7. The number of nitrogens with one attached hydrogen (secondary N) is 1. The standard InChI is InChI=1S/C29H27N3O4/c1-28(2,3)36-27(35)31-11-10-17-19-12-22(30-21(19)8-9-23(17)31)26(34)32-15-16-14-29(16)20-7-5-4-6-18(20)24(33)13-25(29)32/h4-9,12-13,16,30H,10-11,14-15H2,1-3H3. The van der Waals surface area contributed by atoms with Gasteiger partial charge in [-0.25, -0.2) is 4.79 Å². The zero-order chi connectivity index (χ0) is 25.0. The lowest BCUT2D eigenvalue weighted by molar-refractivity contribution is 0.0583. The number of amides is 2. The van der Waals surface area contributed by atoms with Gasteiger partial charge in [-0.2, -0.15) is 0 Å². The lowest BCUT2D eigenvalue weighted by atomic mass is 9.81. The summed E-state index contributed by atoms with van der Waals surface area (Å²) in [5.41, 5.74) is 5.10. The average molecular weight is 482 g/mol. The molecular weight excluding hydrogens is 454 g/mol. The second kappa shape index (κ2) is 6.87. The van der Waals surface area contributed by atoms with Crippen LogP contribution in [0.15, 0.2) is 54.2 Å². The van der Waals surface area contributed by atoms with Crippen molar-refractivity contribution in [3.8, 4) is 0 Å². The molecule has 7 nitrogen and oxygen atoms in total. The van der Waals surface area contributed by atoms with Gasteiger partial charge in [-0.1, -0.05) is 24.3 Å². The van der Waals surface area contributed by atoms with E-state index >= 15 is 0 Å². The molecule has 4 aliphatic rings. The lowest BCUT2D eigenvalue weighted by Crippen LogP contribution is -2.35. The van der Waals surface area contributed by atoms with Crippen LogP contribution in [-0.2, 0) is 16.6 Å². The minimum absolute atomic E-state index is 0.0340. The lowest BCUT2D eigenvalue weighted by Gasteiger charge is -2.29. The predicted octanol–water partition coefficient (Wildman–Crippen LogP) is 4.96. The molecular formula is C29H27N3O4. The van der Waals surface area contributed by atoms with E-state index in [1.807, 2.05) is 63.2 Å². The van der Waals surface area contributed by atoms with Gasteiger partial charge in [0.25, 0.3) is 5.91 Å². The molecule has 0 radical (unpaired) electrons. The number of carbonyl (C=O) groups is 3. The fraction of sp³-hybridized carbons (Fsp3) is 0.345. The molecule has 2 amide bonds. The van der Waals surface area contributed by atoms with Gasteiger partial charge in [-0.05, 0) is 68.9 Å². The molecule has 1 aromatic heterocycles. The molecule has 1 saturated heterocycles. The van der Waals surface area contributed by atoms with Gasteiger partial charge < -0.3 is 14.6 Å². The minimum atomic E-state index is -0.568. The van der Waals surface area contributed by atoms with Gasteiger partial charge in [0.15, 0.2) is 5.78 Å². The molecule has 7 heteroatoms. The Morgan fingerprint density at radius 1 is 1.11 bits per heavy atom. The normalized spacial score (nSPS) is 23.7. The number of hydrogen-bond donors (Lipinski definition) is 1. The number of carbonyl (C=O) groups excluding carboxylic acids is 3. The van der Waals surface area contributed by atoms with Crippen molar-refractivity contribution >= 4 is 34.4 Å².